The standard InChI is InChI=1S/C14H20N2O3/c1-10-3-4-13(18-2)12(9-10)16-8-6-11(5-7-15)19-14(16)17/h3-4,9,11H,5-8,15H2,1-2H3. The number of ether oxygens (including phenoxy) is 2. The van der Waals surface area contributed by atoms with E-state index < -0.39 is 0 Å². The third-order valence-electron chi connectivity index (χ3n) is 3.28. The first-order valence-corrected chi connectivity index (χ1v) is 6.48. The van der Waals surface area contributed by atoms with Crippen molar-refractivity contribution in [1.29, 1.82) is 0 Å². The minimum absolute atomic E-state index is 0.0652. The highest BCUT2D eigenvalue weighted by Gasteiger charge is 2.29. The molecule has 1 aliphatic rings. The quantitative estimate of drug-likeness (QED) is 0.904. The number of amides is 1. The van der Waals surface area contributed by atoms with Crippen LogP contribution >= 0.6 is 0 Å². The minimum Gasteiger partial charge on any atom is -0.495 e. The summed E-state index contributed by atoms with van der Waals surface area (Å²) in [6, 6.07) is 5.75. The second-order valence-electron chi connectivity index (χ2n) is 4.70. The zero-order valence-electron chi connectivity index (χ0n) is 11.4. The van der Waals surface area contributed by atoms with Crippen LogP contribution in [-0.2, 0) is 4.74 Å². The number of nitrogens with zero attached hydrogens (tertiary/aromatic N) is 1. The van der Waals surface area contributed by atoms with E-state index >= 15 is 0 Å². The zero-order valence-corrected chi connectivity index (χ0v) is 11.4. The number of aryl methyl sites for hydroxylation is 1. The predicted octanol–water partition coefficient (Wildman–Crippen LogP) is 2.07. The zero-order chi connectivity index (χ0) is 13.8. The third-order valence-corrected chi connectivity index (χ3v) is 3.28. The van der Waals surface area contributed by atoms with E-state index in [9.17, 15) is 4.79 Å². The van der Waals surface area contributed by atoms with Gasteiger partial charge < -0.3 is 15.2 Å². The molecule has 1 amide bonds. The number of nitrogens with two attached hydrogens (primary N) is 1. The molecule has 0 radical (unpaired) electrons. The van der Waals surface area contributed by atoms with Crippen LogP contribution in [0.5, 0.6) is 5.75 Å². The maximum absolute atomic E-state index is 12.1. The van der Waals surface area contributed by atoms with E-state index in [-0.39, 0.29) is 12.2 Å². The number of methoxy groups -OCH3 is 1. The molecule has 1 atom stereocenters. The largest absolute Gasteiger partial charge is 0.495 e. The maximum Gasteiger partial charge on any atom is 0.414 e. The number of benzene rings is 1. The third kappa shape index (κ3) is 2.98. The van der Waals surface area contributed by atoms with Crippen molar-refractivity contribution in [2.75, 3.05) is 25.1 Å². The summed E-state index contributed by atoms with van der Waals surface area (Å²) in [5, 5.41) is 0. The summed E-state index contributed by atoms with van der Waals surface area (Å²) in [6.45, 7) is 3.14. The van der Waals surface area contributed by atoms with Gasteiger partial charge in [0, 0.05) is 13.0 Å². The smallest absolute Gasteiger partial charge is 0.414 e. The number of anilines is 1. The van der Waals surface area contributed by atoms with Gasteiger partial charge in [0.25, 0.3) is 0 Å². The average molecular weight is 264 g/mol. The van der Waals surface area contributed by atoms with Gasteiger partial charge in [0.05, 0.1) is 12.8 Å². The van der Waals surface area contributed by atoms with Gasteiger partial charge >= 0.3 is 6.09 Å². The minimum atomic E-state index is -0.325. The van der Waals surface area contributed by atoms with Gasteiger partial charge in [0.2, 0.25) is 0 Å². The van der Waals surface area contributed by atoms with Gasteiger partial charge in [-0.1, -0.05) is 6.07 Å². The molecular formula is C14H20N2O3. The van der Waals surface area contributed by atoms with Crippen LogP contribution in [0.4, 0.5) is 10.5 Å². The lowest BCUT2D eigenvalue weighted by Gasteiger charge is -2.32. The fourth-order valence-corrected chi connectivity index (χ4v) is 2.25. The van der Waals surface area contributed by atoms with Crippen molar-refractivity contribution in [3.63, 3.8) is 0 Å². The van der Waals surface area contributed by atoms with Crippen molar-refractivity contribution >= 4 is 11.8 Å². The molecule has 104 valence electrons. The average Bonchev–Trinajstić information content (AvgIpc) is 2.39. The monoisotopic (exact) mass is 264 g/mol. The van der Waals surface area contributed by atoms with Crippen LogP contribution in [0.2, 0.25) is 0 Å². The number of hydrogen-bond acceptors (Lipinski definition) is 4. The second-order valence-corrected chi connectivity index (χ2v) is 4.70. The Bertz CT molecular complexity index is 462. The van der Waals surface area contributed by atoms with Gasteiger partial charge in [-0.05, 0) is 37.6 Å². The molecule has 0 aromatic heterocycles. The Morgan fingerprint density at radius 3 is 2.95 bits per heavy atom. The Labute approximate surface area is 113 Å². The lowest BCUT2D eigenvalue weighted by Crippen LogP contribution is -2.42. The highest BCUT2D eigenvalue weighted by molar-refractivity contribution is 5.90. The van der Waals surface area contributed by atoms with Crippen molar-refractivity contribution in [2.24, 2.45) is 5.73 Å². The summed E-state index contributed by atoms with van der Waals surface area (Å²) in [7, 11) is 1.60. The molecule has 2 rings (SSSR count). The van der Waals surface area contributed by atoms with Crippen LogP contribution in [0.25, 0.3) is 0 Å². The van der Waals surface area contributed by atoms with E-state index in [4.69, 9.17) is 15.2 Å². The molecule has 1 aliphatic heterocycles. The summed E-state index contributed by atoms with van der Waals surface area (Å²) in [4.78, 5) is 13.7. The molecule has 0 bridgehead atoms. The molecule has 1 heterocycles. The Morgan fingerprint density at radius 1 is 1.53 bits per heavy atom. The Morgan fingerprint density at radius 2 is 2.32 bits per heavy atom. The van der Waals surface area contributed by atoms with Crippen LogP contribution in [0.15, 0.2) is 18.2 Å². The van der Waals surface area contributed by atoms with E-state index in [0.29, 0.717) is 25.3 Å². The first kappa shape index (κ1) is 13.7. The van der Waals surface area contributed by atoms with Gasteiger partial charge in [-0.15, -0.1) is 0 Å². The lowest BCUT2D eigenvalue weighted by molar-refractivity contribution is 0.0805. The van der Waals surface area contributed by atoms with Gasteiger partial charge in [0.15, 0.2) is 0 Å². The summed E-state index contributed by atoms with van der Waals surface area (Å²) in [6.07, 6.45) is 1.11. The lowest BCUT2D eigenvalue weighted by atomic mass is 10.1. The van der Waals surface area contributed by atoms with Gasteiger partial charge in [0.1, 0.15) is 11.9 Å². The maximum atomic E-state index is 12.1. The first-order chi connectivity index (χ1) is 9.15. The van der Waals surface area contributed by atoms with E-state index in [1.807, 2.05) is 25.1 Å². The fourth-order valence-electron chi connectivity index (χ4n) is 2.25. The highest BCUT2D eigenvalue weighted by atomic mass is 16.6. The first-order valence-electron chi connectivity index (χ1n) is 6.48. The summed E-state index contributed by atoms with van der Waals surface area (Å²) in [5.41, 5.74) is 7.33. The highest BCUT2D eigenvalue weighted by Crippen LogP contribution is 2.32. The van der Waals surface area contributed by atoms with Crippen LogP contribution in [-0.4, -0.2) is 32.4 Å². The van der Waals surface area contributed by atoms with Gasteiger partial charge in [-0.3, -0.25) is 4.90 Å². The van der Waals surface area contributed by atoms with Gasteiger partial charge in [-0.25, -0.2) is 4.79 Å². The molecule has 1 aromatic rings. The molecule has 1 aromatic carbocycles. The summed E-state index contributed by atoms with van der Waals surface area (Å²) >= 11 is 0. The number of hydrogen-bond donors (Lipinski definition) is 1. The van der Waals surface area contributed by atoms with Crippen LogP contribution in [0.3, 0.4) is 0 Å². The molecule has 0 aliphatic carbocycles. The molecule has 1 fully saturated rings. The second kappa shape index (κ2) is 5.93. The molecule has 1 saturated heterocycles. The molecule has 1 unspecified atom stereocenters. The van der Waals surface area contributed by atoms with Crippen LogP contribution in [0, 0.1) is 6.92 Å². The van der Waals surface area contributed by atoms with Gasteiger partial charge in [-0.2, -0.15) is 0 Å². The van der Waals surface area contributed by atoms with E-state index in [0.717, 1.165) is 17.7 Å². The van der Waals surface area contributed by atoms with Crippen molar-refractivity contribution in [2.45, 2.75) is 25.9 Å². The Balaban J connectivity index is 2.19. The Kier molecular flexibility index (Phi) is 4.27. The molecule has 5 nitrogen and oxygen atoms in total. The molecule has 0 saturated carbocycles. The van der Waals surface area contributed by atoms with E-state index in [2.05, 4.69) is 0 Å². The van der Waals surface area contributed by atoms with Crippen molar-refractivity contribution in [3.8, 4) is 5.75 Å². The topological polar surface area (TPSA) is 64.8 Å². The summed E-state index contributed by atoms with van der Waals surface area (Å²) < 4.78 is 10.7. The summed E-state index contributed by atoms with van der Waals surface area (Å²) in [5.74, 6) is 0.680. The van der Waals surface area contributed by atoms with Crippen LogP contribution in [0.1, 0.15) is 18.4 Å². The predicted molar refractivity (Wildman–Crippen MR) is 73.6 cm³/mol. The molecule has 0 spiro atoms. The molecule has 2 N–H and O–H groups in total. The Hall–Kier alpha value is -1.75. The number of rotatable bonds is 4. The van der Waals surface area contributed by atoms with Crippen molar-refractivity contribution < 1.29 is 14.3 Å². The fraction of sp³-hybridized carbons (Fsp3) is 0.500. The van der Waals surface area contributed by atoms with Crippen molar-refractivity contribution in [3.05, 3.63) is 23.8 Å². The number of carbonyl (C=O) groups is 1. The number of cyclic esters (lactones) is 1. The number of carbonyl (C=O) groups excluding carboxylic acids is 1. The molecule has 5 heteroatoms. The normalized spacial score (nSPS) is 19.2. The SMILES string of the molecule is COc1ccc(C)cc1N1CCC(CCN)OC1=O. The van der Waals surface area contributed by atoms with Crippen LogP contribution < -0.4 is 15.4 Å². The van der Waals surface area contributed by atoms with Crippen molar-refractivity contribution in [1.82, 2.24) is 0 Å². The van der Waals surface area contributed by atoms with E-state index in [1.54, 1.807) is 12.0 Å². The molecule has 19 heavy (non-hydrogen) atoms. The molecular weight excluding hydrogens is 244 g/mol. The van der Waals surface area contributed by atoms with E-state index in [1.165, 1.54) is 0 Å².